The van der Waals surface area contributed by atoms with Gasteiger partial charge >= 0.3 is 0 Å². The van der Waals surface area contributed by atoms with E-state index >= 15 is 0 Å². The third-order valence-corrected chi connectivity index (χ3v) is 3.61. The van der Waals surface area contributed by atoms with Crippen LogP contribution in [0.1, 0.15) is 12.1 Å². The van der Waals surface area contributed by atoms with Crippen LogP contribution in [-0.2, 0) is 6.42 Å². The summed E-state index contributed by atoms with van der Waals surface area (Å²) in [7, 11) is 0. The van der Waals surface area contributed by atoms with Crippen LogP contribution in [-0.4, -0.2) is 30.3 Å². The number of hydrogen-bond donors (Lipinski definition) is 1. The lowest BCUT2D eigenvalue weighted by Gasteiger charge is -2.03. The summed E-state index contributed by atoms with van der Waals surface area (Å²) in [6, 6.07) is 3.64. The molecule has 0 bridgehead atoms. The molecule has 19 heavy (non-hydrogen) atoms. The number of hydrogen-bond acceptors (Lipinski definition) is 6. The van der Waals surface area contributed by atoms with Crippen molar-refractivity contribution < 1.29 is 0 Å². The second kappa shape index (κ2) is 5.20. The van der Waals surface area contributed by atoms with Crippen molar-refractivity contribution in [1.29, 1.82) is 0 Å². The summed E-state index contributed by atoms with van der Waals surface area (Å²) < 4.78 is 10.1. The second-order valence-electron chi connectivity index (χ2n) is 4.07. The third kappa shape index (κ3) is 2.32. The van der Waals surface area contributed by atoms with Crippen molar-refractivity contribution in [2.45, 2.75) is 12.8 Å². The molecule has 0 atom stereocenters. The molecule has 0 saturated heterocycles. The van der Waals surface area contributed by atoms with Crippen molar-refractivity contribution in [2.75, 3.05) is 6.54 Å². The van der Waals surface area contributed by atoms with Gasteiger partial charge in [0.15, 0.2) is 0 Å². The quantitative estimate of drug-likeness (QED) is 0.793. The summed E-state index contributed by atoms with van der Waals surface area (Å²) in [6.07, 6.45) is 3.55. The molecule has 3 rings (SSSR count). The van der Waals surface area contributed by atoms with Gasteiger partial charge in [-0.25, -0.2) is 4.68 Å². The number of fused-ring (bicyclic) bond motifs is 1. The standard InChI is InChI=1S/C11H11ClN6S/c12-8-3-4-9-10(16-19-15-9)11(8)18-6-7(14-17-18)2-1-5-13/h3-4,6H,1-2,5,13H2. The predicted octanol–water partition coefficient (Wildman–Crippen LogP) is 1.82. The van der Waals surface area contributed by atoms with Gasteiger partial charge in [0.05, 0.1) is 28.6 Å². The SMILES string of the molecule is NCCCc1cn(-c2c(Cl)ccc3nsnc23)nn1. The van der Waals surface area contributed by atoms with Crippen LogP contribution >= 0.6 is 23.3 Å². The highest BCUT2D eigenvalue weighted by Gasteiger charge is 2.13. The molecule has 0 unspecified atom stereocenters. The fourth-order valence-corrected chi connectivity index (χ4v) is 2.61. The Bertz CT molecular complexity index is 706. The Labute approximate surface area is 118 Å². The van der Waals surface area contributed by atoms with E-state index in [0.29, 0.717) is 11.6 Å². The largest absolute Gasteiger partial charge is 0.330 e. The smallest absolute Gasteiger partial charge is 0.132 e. The maximum atomic E-state index is 6.24. The molecule has 8 heteroatoms. The highest BCUT2D eigenvalue weighted by Crippen LogP contribution is 2.27. The van der Waals surface area contributed by atoms with Gasteiger partial charge in [0.25, 0.3) is 0 Å². The van der Waals surface area contributed by atoms with Gasteiger partial charge < -0.3 is 5.73 Å². The normalized spacial score (nSPS) is 11.3. The Kier molecular flexibility index (Phi) is 3.41. The lowest BCUT2D eigenvalue weighted by Crippen LogP contribution is -2.00. The van der Waals surface area contributed by atoms with E-state index in [1.807, 2.05) is 12.3 Å². The van der Waals surface area contributed by atoms with Crippen molar-refractivity contribution in [3.63, 3.8) is 0 Å². The molecule has 2 aromatic heterocycles. The molecule has 3 aromatic rings. The fourth-order valence-electron chi connectivity index (χ4n) is 1.84. The third-order valence-electron chi connectivity index (χ3n) is 2.76. The molecule has 0 amide bonds. The summed E-state index contributed by atoms with van der Waals surface area (Å²) in [5.41, 5.74) is 8.65. The van der Waals surface area contributed by atoms with Gasteiger partial charge in [-0.3, -0.25) is 0 Å². The zero-order chi connectivity index (χ0) is 13.2. The number of nitrogens with zero attached hydrogens (tertiary/aromatic N) is 5. The molecule has 0 aliphatic carbocycles. The van der Waals surface area contributed by atoms with Crippen molar-refractivity contribution in [3.05, 3.63) is 29.0 Å². The van der Waals surface area contributed by atoms with Crippen LogP contribution in [0, 0.1) is 0 Å². The Morgan fingerprint density at radius 2 is 2.21 bits per heavy atom. The molecular weight excluding hydrogens is 284 g/mol. The van der Waals surface area contributed by atoms with Crippen LogP contribution in [0.5, 0.6) is 0 Å². The van der Waals surface area contributed by atoms with E-state index in [4.69, 9.17) is 17.3 Å². The number of aryl methyl sites for hydroxylation is 1. The highest BCUT2D eigenvalue weighted by molar-refractivity contribution is 7.00. The number of aromatic nitrogens is 5. The van der Waals surface area contributed by atoms with Gasteiger partial charge in [-0.05, 0) is 31.5 Å². The van der Waals surface area contributed by atoms with Gasteiger partial charge in [-0.1, -0.05) is 16.8 Å². The van der Waals surface area contributed by atoms with Gasteiger partial charge in [0.2, 0.25) is 0 Å². The Balaban J connectivity index is 2.05. The Hall–Kier alpha value is -1.57. The van der Waals surface area contributed by atoms with Gasteiger partial charge in [0.1, 0.15) is 16.7 Å². The molecule has 0 aliphatic heterocycles. The zero-order valence-corrected chi connectivity index (χ0v) is 11.5. The summed E-state index contributed by atoms with van der Waals surface area (Å²) in [5.74, 6) is 0. The van der Waals surface area contributed by atoms with E-state index in [9.17, 15) is 0 Å². The minimum absolute atomic E-state index is 0.579. The summed E-state index contributed by atoms with van der Waals surface area (Å²) in [6.45, 7) is 0.638. The first-order chi connectivity index (χ1) is 9.29. The molecule has 0 spiro atoms. The van der Waals surface area contributed by atoms with Crippen LogP contribution in [0.25, 0.3) is 16.7 Å². The van der Waals surface area contributed by atoms with Crippen LogP contribution < -0.4 is 5.73 Å². The molecule has 98 valence electrons. The molecule has 6 nitrogen and oxygen atoms in total. The maximum Gasteiger partial charge on any atom is 0.132 e. The van der Waals surface area contributed by atoms with Crippen molar-refractivity contribution in [3.8, 4) is 5.69 Å². The van der Waals surface area contributed by atoms with E-state index in [1.165, 1.54) is 0 Å². The topological polar surface area (TPSA) is 82.5 Å². The predicted molar refractivity (Wildman–Crippen MR) is 74.7 cm³/mol. The Morgan fingerprint density at radius 3 is 3.05 bits per heavy atom. The molecule has 2 heterocycles. The van der Waals surface area contributed by atoms with Gasteiger partial charge in [-0.2, -0.15) is 8.75 Å². The summed E-state index contributed by atoms with van der Waals surface area (Å²) >= 11 is 7.39. The summed E-state index contributed by atoms with van der Waals surface area (Å²) in [5, 5.41) is 8.80. The molecular formula is C11H11ClN6S. The first-order valence-electron chi connectivity index (χ1n) is 5.82. The van der Waals surface area contributed by atoms with Crippen molar-refractivity contribution in [2.24, 2.45) is 5.73 Å². The van der Waals surface area contributed by atoms with Crippen LogP contribution in [0.4, 0.5) is 0 Å². The lowest BCUT2D eigenvalue weighted by atomic mass is 10.2. The average Bonchev–Trinajstić information content (AvgIpc) is 3.04. The van der Waals surface area contributed by atoms with Crippen LogP contribution in [0.15, 0.2) is 18.3 Å². The minimum Gasteiger partial charge on any atom is -0.330 e. The highest BCUT2D eigenvalue weighted by atomic mass is 35.5. The monoisotopic (exact) mass is 294 g/mol. The first-order valence-corrected chi connectivity index (χ1v) is 6.93. The van der Waals surface area contributed by atoms with E-state index in [-0.39, 0.29) is 0 Å². The number of halogens is 1. The minimum atomic E-state index is 0.579. The number of benzene rings is 1. The number of rotatable bonds is 4. The zero-order valence-electron chi connectivity index (χ0n) is 9.95. The number of nitrogens with two attached hydrogens (primary N) is 1. The molecule has 0 aliphatic rings. The van der Waals surface area contributed by atoms with Gasteiger partial charge in [0, 0.05) is 0 Å². The fraction of sp³-hybridized carbons (Fsp3) is 0.273. The first kappa shape index (κ1) is 12.5. The average molecular weight is 295 g/mol. The van der Waals surface area contributed by atoms with E-state index in [1.54, 1.807) is 10.7 Å². The van der Waals surface area contributed by atoms with Crippen molar-refractivity contribution >= 4 is 34.4 Å². The van der Waals surface area contributed by atoms with Crippen LogP contribution in [0.2, 0.25) is 5.02 Å². The van der Waals surface area contributed by atoms with E-state index in [0.717, 1.165) is 47.0 Å². The lowest BCUT2D eigenvalue weighted by molar-refractivity contribution is 0.780. The molecule has 0 saturated carbocycles. The second-order valence-corrected chi connectivity index (χ2v) is 5.01. The van der Waals surface area contributed by atoms with E-state index < -0.39 is 0 Å². The van der Waals surface area contributed by atoms with Crippen molar-refractivity contribution in [1.82, 2.24) is 23.7 Å². The molecule has 0 radical (unpaired) electrons. The Morgan fingerprint density at radius 1 is 1.32 bits per heavy atom. The van der Waals surface area contributed by atoms with Crippen LogP contribution in [0.3, 0.4) is 0 Å². The molecule has 0 fully saturated rings. The van der Waals surface area contributed by atoms with E-state index in [2.05, 4.69) is 19.1 Å². The molecule has 1 aromatic carbocycles. The van der Waals surface area contributed by atoms with Gasteiger partial charge in [-0.15, -0.1) is 5.10 Å². The summed E-state index contributed by atoms with van der Waals surface area (Å²) in [4.78, 5) is 0. The molecule has 2 N–H and O–H groups in total. The maximum absolute atomic E-state index is 6.24.